The second kappa shape index (κ2) is 7.07. The van der Waals surface area contributed by atoms with Crippen LogP contribution in [0.1, 0.15) is 12.8 Å². The quantitative estimate of drug-likeness (QED) is 0.691. The van der Waals surface area contributed by atoms with Gasteiger partial charge in [-0.15, -0.1) is 6.58 Å². The third-order valence-corrected chi connectivity index (χ3v) is 2.34. The van der Waals surface area contributed by atoms with Gasteiger partial charge in [0.05, 0.1) is 6.61 Å². The van der Waals surface area contributed by atoms with Gasteiger partial charge in [-0.2, -0.15) is 0 Å². The number of rotatable bonds is 7. The molecule has 0 aliphatic rings. The molecule has 0 aromatic heterocycles. The van der Waals surface area contributed by atoms with Gasteiger partial charge in [-0.3, -0.25) is 0 Å². The Balaban J connectivity index is 2.23. The summed E-state index contributed by atoms with van der Waals surface area (Å²) in [6, 6.07) is 10.4. The average Bonchev–Trinajstić information content (AvgIpc) is 2.29. The molecular weight excluding hydrogens is 186 g/mol. The molecule has 1 unspecified atom stereocenters. The van der Waals surface area contributed by atoms with Crippen LogP contribution in [0.25, 0.3) is 0 Å². The molecule has 1 aromatic rings. The molecule has 15 heavy (non-hydrogen) atoms. The fourth-order valence-corrected chi connectivity index (χ4v) is 1.42. The lowest BCUT2D eigenvalue weighted by Crippen LogP contribution is -2.26. The number of hydrogen-bond donors (Lipinski definition) is 1. The molecule has 2 nitrogen and oxygen atoms in total. The van der Waals surface area contributed by atoms with Crippen LogP contribution in [0.5, 0.6) is 5.75 Å². The minimum absolute atomic E-state index is 0.464. The van der Waals surface area contributed by atoms with Crippen molar-refractivity contribution < 1.29 is 4.74 Å². The molecule has 0 radical (unpaired) electrons. The average molecular weight is 205 g/mol. The molecule has 1 atom stereocenters. The third-order valence-electron chi connectivity index (χ3n) is 2.34. The first-order valence-electron chi connectivity index (χ1n) is 5.33. The Hall–Kier alpha value is -1.28. The summed E-state index contributed by atoms with van der Waals surface area (Å²) in [5.41, 5.74) is 0. The summed E-state index contributed by atoms with van der Waals surface area (Å²) in [6.45, 7) is 4.47. The largest absolute Gasteiger partial charge is 0.494 e. The Kier molecular flexibility index (Phi) is 5.56. The molecule has 0 fully saturated rings. The Morgan fingerprint density at radius 3 is 2.73 bits per heavy atom. The molecule has 1 rings (SSSR count). The Morgan fingerprint density at radius 2 is 2.13 bits per heavy atom. The number of para-hydroxylation sites is 1. The van der Waals surface area contributed by atoms with Crippen molar-refractivity contribution in [3.05, 3.63) is 43.0 Å². The lowest BCUT2D eigenvalue weighted by Gasteiger charge is -2.14. The van der Waals surface area contributed by atoms with Crippen LogP contribution in [0.4, 0.5) is 0 Å². The molecule has 82 valence electrons. The Labute approximate surface area is 92.0 Å². The van der Waals surface area contributed by atoms with Gasteiger partial charge in [0.15, 0.2) is 0 Å². The van der Waals surface area contributed by atoms with Crippen molar-refractivity contribution >= 4 is 0 Å². The van der Waals surface area contributed by atoms with Gasteiger partial charge < -0.3 is 10.1 Å². The predicted molar refractivity (Wildman–Crippen MR) is 64.2 cm³/mol. The molecule has 1 N–H and O–H groups in total. The van der Waals surface area contributed by atoms with Crippen LogP contribution in [0, 0.1) is 0 Å². The molecule has 0 saturated heterocycles. The van der Waals surface area contributed by atoms with Gasteiger partial charge in [-0.05, 0) is 32.0 Å². The van der Waals surface area contributed by atoms with Crippen molar-refractivity contribution in [3.8, 4) is 5.75 Å². The van der Waals surface area contributed by atoms with E-state index in [0.29, 0.717) is 6.04 Å². The SMILES string of the molecule is C=CCC(CCOc1ccccc1)NC. The van der Waals surface area contributed by atoms with Gasteiger partial charge >= 0.3 is 0 Å². The minimum Gasteiger partial charge on any atom is -0.494 e. The zero-order valence-electron chi connectivity index (χ0n) is 9.28. The highest BCUT2D eigenvalue weighted by molar-refractivity contribution is 5.20. The molecule has 2 heteroatoms. The molecule has 0 aliphatic carbocycles. The Bertz CT molecular complexity index is 271. The van der Waals surface area contributed by atoms with E-state index in [-0.39, 0.29) is 0 Å². The van der Waals surface area contributed by atoms with Crippen LogP contribution in [0.2, 0.25) is 0 Å². The van der Waals surface area contributed by atoms with Gasteiger partial charge in [0.25, 0.3) is 0 Å². The molecule has 0 aliphatic heterocycles. The van der Waals surface area contributed by atoms with E-state index < -0.39 is 0 Å². The van der Waals surface area contributed by atoms with Crippen molar-refractivity contribution in [2.24, 2.45) is 0 Å². The van der Waals surface area contributed by atoms with E-state index in [2.05, 4.69) is 11.9 Å². The maximum Gasteiger partial charge on any atom is 0.119 e. The first kappa shape index (κ1) is 11.8. The van der Waals surface area contributed by atoms with Crippen molar-refractivity contribution in [2.75, 3.05) is 13.7 Å². The highest BCUT2D eigenvalue weighted by atomic mass is 16.5. The number of benzene rings is 1. The van der Waals surface area contributed by atoms with Gasteiger partial charge in [0.1, 0.15) is 5.75 Å². The van der Waals surface area contributed by atoms with Gasteiger partial charge in [0, 0.05) is 6.04 Å². The van der Waals surface area contributed by atoms with E-state index in [1.165, 1.54) is 0 Å². The smallest absolute Gasteiger partial charge is 0.119 e. The van der Waals surface area contributed by atoms with E-state index in [9.17, 15) is 0 Å². The van der Waals surface area contributed by atoms with Crippen LogP contribution >= 0.6 is 0 Å². The van der Waals surface area contributed by atoms with Gasteiger partial charge in [0.2, 0.25) is 0 Å². The monoisotopic (exact) mass is 205 g/mol. The summed E-state index contributed by atoms with van der Waals surface area (Å²) >= 11 is 0. The van der Waals surface area contributed by atoms with Crippen molar-refractivity contribution in [3.63, 3.8) is 0 Å². The van der Waals surface area contributed by atoms with E-state index >= 15 is 0 Å². The Morgan fingerprint density at radius 1 is 1.40 bits per heavy atom. The zero-order chi connectivity index (χ0) is 10.9. The fraction of sp³-hybridized carbons (Fsp3) is 0.385. The summed E-state index contributed by atoms with van der Waals surface area (Å²) in [5, 5.41) is 3.24. The summed E-state index contributed by atoms with van der Waals surface area (Å²) in [4.78, 5) is 0. The standard InChI is InChI=1S/C13H19NO/c1-3-7-12(14-2)10-11-15-13-8-5-4-6-9-13/h3-6,8-9,12,14H,1,7,10-11H2,2H3. The van der Waals surface area contributed by atoms with Crippen LogP contribution in [0.15, 0.2) is 43.0 Å². The molecular formula is C13H19NO. The number of hydrogen-bond acceptors (Lipinski definition) is 2. The molecule has 0 bridgehead atoms. The zero-order valence-corrected chi connectivity index (χ0v) is 9.28. The second-order valence-corrected chi connectivity index (χ2v) is 3.46. The van der Waals surface area contributed by atoms with Crippen LogP contribution < -0.4 is 10.1 Å². The van der Waals surface area contributed by atoms with Crippen molar-refractivity contribution in [1.29, 1.82) is 0 Å². The minimum atomic E-state index is 0.464. The second-order valence-electron chi connectivity index (χ2n) is 3.46. The molecule has 0 spiro atoms. The fourth-order valence-electron chi connectivity index (χ4n) is 1.42. The third kappa shape index (κ3) is 4.66. The summed E-state index contributed by atoms with van der Waals surface area (Å²) in [5.74, 6) is 0.936. The van der Waals surface area contributed by atoms with Gasteiger partial charge in [-0.25, -0.2) is 0 Å². The first-order chi connectivity index (χ1) is 7.36. The first-order valence-corrected chi connectivity index (χ1v) is 5.33. The molecule has 1 aromatic carbocycles. The van der Waals surface area contributed by atoms with E-state index in [1.54, 1.807) is 0 Å². The molecule has 0 heterocycles. The van der Waals surface area contributed by atoms with Crippen LogP contribution in [0.3, 0.4) is 0 Å². The molecule has 0 amide bonds. The molecule has 0 saturated carbocycles. The maximum absolute atomic E-state index is 5.61. The lowest BCUT2D eigenvalue weighted by molar-refractivity contribution is 0.289. The summed E-state index contributed by atoms with van der Waals surface area (Å²) in [6.07, 6.45) is 3.91. The van der Waals surface area contributed by atoms with E-state index in [0.717, 1.165) is 25.2 Å². The maximum atomic E-state index is 5.61. The summed E-state index contributed by atoms with van der Waals surface area (Å²) < 4.78 is 5.61. The van der Waals surface area contributed by atoms with Crippen LogP contribution in [-0.4, -0.2) is 19.7 Å². The highest BCUT2D eigenvalue weighted by Gasteiger charge is 2.03. The van der Waals surface area contributed by atoms with Crippen molar-refractivity contribution in [2.45, 2.75) is 18.9 Å². The van der Waals surface area contributed by atoms with Gasteiger partial charge in [-0.1, -0.05) is 24.3 Å². The van der Waals surface area contributed by atoms with E-state index in [1.807, 2.05) is 43.5 Å². The number of nitrogens with one attached hydrogen (secondary N) is 1. The summed E-state index contributed by atoms with van der Waals surface area (Å²) in [7, 11) is 1.97. The lowest BCUT2D eigenvalue weighted by atomic mass is 10.1. The topological polar surface area (TPSA) is 21.3 Å². The predicted octanol–water partition coefficient (Wildman–Crippen LogP) is 2.62. The number of ether oxygens (including phenoxy) is 1. The van der Waals surface area contributed by atoms with Crippen molar-refractivity contribution in [1.82, 2.24) is 5.32 Å². The van der Waals surface area contributed by atoms with E-state index in [4.69, 9.17) is 4.74 Å². The highest BCUT2D eigenvalue weighted by Crippen LogP contribution is 2.09. The van der Waals surface area contributed by atoms with Crippen LogP contribution in [-0.2, 0) is 0 Å². The normalized spacial score (nSPS) is 12.1.